The van der Waals surface area contributed by atoms with E-state index in [0.717, 1.165) is 9.87 Å². The van der Waals surface area contributed by atoms with E-state index in [9.17, 15) is 13.2 Å². The minimum atomic E-state index is -4.30. The fourth-order valence-corrected chi connectivity index (χ4v) is 5.57. The predicted molar refractivity (Wildman–Crippen MR) is 136 cm³/mol. The molecule has 3 rings (SSSR count). The predicted octanol–water partition coefficient (Wildman–Crippen LogP) is 4.69. The van der Waals surface area contributed by atoms with Crippen LogP contribution in [0.5, 0.6) is 0 Å². The van der Waals surface area contributed by atoms with E-state index in [1.54, 1.807) is 45.0 Å². The van der Waals surface area contributed by atoms with Gasteiger partial charge in [-0.1, -0.05) is 54.6 Å². The molecule has 0 saturated carbocycles. The molecule has 1 aliphatic rings. The highest BCUT2D eigenvalue weighted by Gasteiger charge is 2.55. The van der Waals surface area contributed by atoms with E-state index in [0.29, 0.717) is 6.42 Å². The van der Waals surface area contributed by atoms with Crippen LogP contribution in [-0.2, 0) is 31.6 Å². The lowest BCUT2D eigenvalue weighted by atomic mass is 9.85. The molecule has 1 amide bonds. The van der Waals surface area contributed by atoms with Gasteiger partial charge in [0.15, 0.2) is 0 Å². The molecule has 0 saturated heterocycles. The Morgan fingerprint density at radius 2 is 1.83 bits per heavy atom. The summed E-state index contributed by atoms with van der Waals surface area (Å²) in [6.07, 6.45) is 1.07. The molecule has 8 nitrogen and oxygen atoms in total. The van der Waals surface area contributed by atoms with E-state index in [1.807, 2.05) is 18.2 Å². The van der Waals surface area contributed by atoms with Crippen LogP contribution in [0.1, 0.15) is 44.7 Å². The average Bonchev–Trinajstić information content (AvgIpc) is 2.80. The zero-order chi connectivity index (χ0) is 26.6. The van der Waals surface area contributed by atoms with Gasteiger partial charge in [0, 0.05) is 12.6 Å². The third kappa shape index (κ3) is 5.93. The Hall–Kier alpha value is -3.24. The van der Waals surface area contributed by atoms with Crippen LogP contribution < -0.4 is 5.32 Å². The summed E-state index contributed by atoms with van der Waals surface area (Å²) in [6.45, 7) is 8.72. The molecule has 0 fully saturated rings. The smallest absolute Gasteiger partial charge is 0.414 e. The zero-order valence-electron chi connectivity index (χ0n) is 20.9. The van der Waals surface area contributed by atoms with Gasteiger partial charge in [-0.05, 0) is 45.2 Å². The van der Waals surface area contributed by atoms with Crippen molar-refractivity contribution in [2.45, 2.75) is 56.8 Å². The van der Waals surface area contributed by atoms with Crippen molar-refractivity contribution in [2.24, 2.45) is 4.99 Å². The number of benzene rings is 2. The molecule has 36 heavy (non-hydrogen) atoms. The molecule has 1 heterocycles. The number of rotatable bonds is 7. The van der Waals surface area contributed by atoms with Crippen LogP contribution in [0.4, 0.5) is 9.18 Å². The number of sulfonamides is 1. The summed E-state index contributed by atoms with van der Waals surface area (Å²) in [6, 6.07) is 14.9. The van der Waals surface area contributed by atoms with Gasteiger partial charge in [-0.3, -0.25) is 5.32 Å². The molecule has 2 atom stereocenters. The lowest BCUT2D eigenvalue weighted by Crippen LogP contribution is -2.60. The summed E-state index contributed by atoms with van der Waals surface area (Å²) in [5.74, 6) is -0.939. The van der Waals surface area contributed by atoms with Crippen molar-refractivity contribution >= 4 is 22.1 Å². The number of carbonyl (C=O) groups excluding carboxylic acids is 1. The number of halogens is 1. The SMILES string of the molecule is C=CCCC1(c2ccccc2F)N=C(NC(=O)OC(C)(C)C)N(C)S(=O)(=O)C1OCc1ccccc1. The lowest BCUT2D eigenvalue weighted by molar-refractivity contribution is 0.0290. The van der Waals surface area contributed by atoms with Crippen LogP contribution in [0.3, 0.4) is 0 Å². The van der Waals surface area contributed by atoms with E-state index in [2.05, 4.69) is 16.9 Å². The van der Waals surface area contributed by atoms with E-state index in [4.69, 9.17) is 9.47 Å². The third-order valence-corrected chi connectivity index (χ3v) is 7.58. The molecule has 1 N–H and O–H groups in total. The van der Waals surface area contributed by atoms with Crippen molar-refractivity contribution < 1.29 is 27.1 Å². The number of nitrogens with one attached hydrogen (secondary N) is 1. The molecule has 10 heteroatoms. The maximum atomic E-state index is 15.3. The minimum absolute atomic E-state index is 0.0325. The molecule has 0 aromatic heterocycles. The summed E-state index contributed by atoms with van der Waals surface area (Å²) in [5, 5.41) is 2.43. The number of hydrogen-bond acceptors (Lipinski definition) is 6. The third-order valence-electron chi connectivity index (χ3n) is 5.57. The average molecular weight is 518 g/mol. The van der Waals surface area contributed by atoms with Crippen LogP contribution in [0.25, 0.3) is 0 Å². The summed E-state index contributed by atoms with van der Waals surface area (Å²) in [4.78, 5) is 17.2. The molecular weight excluding hydrogens is 485 g/mol. The van der Waals surface area contributed by atoms with Gasteiger partial charge < -0.3 is 9.47 Å². The number of carbonyl (C=O) groups is 1. The van der Waals surface area contributed by atoms with Gasteiger partial charge in [-0.2, -0.15) is 0 Å². The Labute approximate surface area is 211 Å². The Bertz CT molecular complexity index is 1230. The molecule has 1 aliphatic heterocycles. The van der Waals surface area contributed by atoms with Gasteiger partial charge >= 0.3 is 6.09 Å². The van der Waals surface area contributed by atoms with Crippen molar-refractivity contribution in [3.05, 3.63) is 84.2 Å². The molecule has 0 radical (unpaired) electrons. The fourth-order valence-electron chi connectivity index (χ4n) is 3.92. The molecule has 0 spiro atoms. The van der Waals surface area contributed by atoms with Gasteiger partial charge in [-0.25, -0.2) is 26.9 Å². The fraction of sp³-hybridized carbons (Fsp3) is 0.385. The maximum absolute atomic E-state index is 15.3. The van der Waals surface area contributed by atoms with Gasteiger partial charge in [0.2, 0.25) is 11.4 Å². The van der Waals surface area contributed by atoms with Crippen molar-refractivity contribution in [1.29, 1.82) is 0 Å². The van der Waals surface area contributed by atoms with E-state index in [-0.39, 0.29) is 24.6 Å². The minimum Gasteiger partial charge on any atom is -0.444 e. The first-order valence-corrected chi connectivity index (χ1v) is 13.0. The highest BCUT2D eigenvalue weighted by molar-refractivity contribution is 7.90. The van der Waals surface area contributed by atoms with Crippen LogP contribution in [0, 0.1) is 5.82 Å². The van der Waals surface area contributed by atoms with Crippen molar-refractivity contribution in [1.82, 2.24) is 9.62 Å². The first-order valence-electron chi connectivity index (χ1n) is 11.5. The summed E-state index contributed by atoms with van der Waals surface area (Å²) < 4.78 is 55.1. The molecule has 2 aromatic carbocycles. The Kier molecular flexibility index (Phi) is 8.20. The van der Waals surface area contributed by atoms with Crippen molar-refractivity contribution in [2.75, 3.05) is 7.05 Å². The van der Waals surface area contributed by atoms with Gasteiger partial charge in [0.05, 0.1) is 6.61 Å². The standard InChI is InChI=1S/C26H32FN3O5S/c1-6-7-17-26(20-15-11-12-16-21(20)27)22(34-18-19-13-9-8-10-14-19)36(32,33)30(5)23(29-26)28-24(31)35-25(2,3)4/h6,8-16,22H,1,7,17-18H2,2-5H3,(H,28,29,31). The number of allylic oxidation sites excluding steroid dienone is 1. The molecular formula is C26H32FN3O5S. The maximum Gasteiger partial charge on any atom is 0.414 e. The zero-order valence-corrected chi connectivity index (χ0v) is 21.7. The van der Waals surface area contributed by atoms with Crippen molar-refractivity contribution in [3.63, 3.8) is 0 Å². The largest absolute Gasteiger partial charge is 0.444 e. The second kappa shape index (κ2) is 10.8. The first-order chi connectivity index (χ1) is 16.9. The number of alkyl carbamates (subject to hydrolysis) is 1. The van der Waals surface area contributed by atoms with E-state index >= 15 is 4.39 Å². The topological polar surface area (TPSA) is 97.3 Å². The molecule has 2 unspecified atom stereocenters. The van der Waals surface area contributed by atoms with Crippen LogP contribution >= 0.6 is 0 Å². The number of ether oxygens (including phenoxy) is 2. The Balaban J connectivity index is 2.18. The van der Waals surface area contributed by atoms with Crippen LogP contribution in [0.15, 0.2) is 72.2 Å². The van der Waals surface area contributed by atoms with Gasteiger partial charge in [0.1, 0.15) is 17.0 Å². The first kappa shape index (κ1) is 27.3. The van der Waals surface area contributed by atoms with E-state index in [1.165, 1.54) is 25.2 Å². The van der Waals surface area contributed by atoms with Gasteiger partial charge in [0.25, 0.3) is 10.0 Å². The number of nitrogens with zero attached hydrogens (tertiary/aromatic N) is 2. The van der Waals surface area contributed by atoms with Crippen LogP contribution in [0.2, 0.25) is 0 Å². The number of hydrogen-bond donors (Lipinski definition) is 1. The summed E-state index contributed by atoms with van der Waals surface area (Å²) >= 11 is 0. The van der Waals surface area contributed by atoms with Crippen LogP contribution in [-0.4, -0.2) is 42.9 Å². The van der Waals surface area contributed by atoms with Crippen molar-refractivity contribution in [3.8, 4) is 0 Å². The monoisotopic (exact) mass is 517 g/mol. The molecule has 2 aromatic rings. The lowest BCUT2D eigenvalue weighted by Gasteiger charge is -2.43. The van der Waals surface area contributed by atoms with E-state index < -0.39 is 38.5 Å². The number of guanidine groups is 1. The normalized spacial score (nSPS) is 21.4. The Morgan fingerprint density at radius 1 is 1.19 bits per heavy atom. The number of amides is 1. The number of aliphatic imine (C=N–C) groups is 1. The van der Waals surface area contributed by atoms with Gasteiger partial charge in [-0.15, -0.1) is 6.58 Å². The molecule has 0 bridgehead atoms. The molecule has 194 valence electrons. The second-order valence-electron chi connectivity index (χ2n) is 9.43. The quantitative estimate of drug-likeness (QED) is 0.538. The Morgan fingerprint density at radius 3 is 2.44 bits per heavy atom. The highest BCUT2D eigenvalue weighted by atomic mass is 32.2. The highest BCUT2D eigenvalue weighted by Crippen LogP contribution is 2.44. The molecule has 0 aliphatic carbocycles. The summed E-state index contributed by atoms with van der Waals surface area (Å²) in [5.41, 5.74) is -3.36. The summed E-state index contributed by atoms with van der Waals surface area (Å²) in [7, 11) is -3.05. The second-order valence-corrected chi connectivity index (χ2v) is 11.4.